The van der Waals surface area contributed by atoms with Crippen LogP contribution in [0.2, 0.25) is 0 Å². The molecular formula is C14H12F3N3O2. The Morgan fingerprint density at radius 2 is 2.05 bits per heavy atom. The zero-order valence-corrected chi connectivity index (χ0v) is 11.5. The van der Waals surface area contributed by atoms with E-state index in [2.05, 4.69) is 10.3 Å². The Labute approximate surface area is 122 Å². The fourth-order valence-electron chi connectivity index (χ4n) is 2.05. The van der Waals surface area contributed by atoms with E-state index in [9.17, 15) is 22.8 Å². The number of halogens is 3. The Bertz CT molecular complexity index is 822. The fraction of sp³-hybridized carbons (Fsp3) is 0.357. The summed E-state index contributed by atoms with van der Waals surface area (Å²) in [5, 5.41) is 2.66. The largest absolute Gasteiger partial charge is 0.449 e. The highest BCUT2D eigenvalue weighted by Gasteiger charge is 2.44. The molecule has 1 heterocycles. The average Bonchev–Trinajstić information content (AvgIpc) is 3.17. The maximum atomic E-state index is 12.6. The number of rotatable bonds is 2. The van der Waals surface area contributed by atoms with Gasteiger partial charge >= 0.3 is 6.18 Å². The SMILES string of the molecule is CC1(C(=O)Nc2ccc3nc(C(F)(F)F)[nH]c(=O)c3c2)CC1. The minimum atomic E-state index is -4.72. The van der Waals surface area contributed by atoms with Crippen LogP contribution in [0.3, 0.4) is 0 Å². The van der Waals surface area contributed by atoms with Crippen LogP contribution in [-0.4, -0.2) is 15.9 Å². The molecule has 0 saturated heterocycles. The third-order valence-corrected chi connectivity index (χ3v) is 3.78. The molecule has 2 aromatic rings. The highest BCUT2D eigenvalue weighted by atomic mass is 19.4. The molecule has 8 heteroatoms. The number of amides is 1. The maximum absolute atomic E-state index is 12.6. The minimum Gasteiger partial charge on any atom is -0.326 e. The molecule has 0 radical (unpaired) electrons. The number of fused-ring (bicyclic) bond motifs is 1. The molecule has 0 bridgehead atoms. The van der Waals surface area contributed by atoms with Gasteiger partial charge in [-0.15, -0.1) is 0 Å². The van der Waals surface area contributed by atoms with Crippen molar-refractivity contribution in [3.8, 4) is 0 Å². The van der Waals surface area contributed by atoms with Crippen LogP contribution in [0.4, 0.5) is 18.9 Å². The monoisotopic (exact) mass is 311 g/mol. The number of carbonyl (C=O) groups is 1. The number of H-pyrrole nitrogens is 1. The summed E-state index contributed by atoms with van der Waals surface area (Å²) in [6.07, 6.45) is -3.13. The van der Waals surface area contributed by atoms with Crippen LogP contribution in [0.5, 0.6) is 0 Å². The zero-order chi connectivity index (χ0) is 16.1. The van der Waals surface area contributed by atoms with Gasteiger partial charge in [0.2, 0.25) is 11.7 Å². The van der Waals surface area contributed by atoms with Crippen LogP contribution in [-0.2, 0) is 11.0 Å². The Balaban J connectivity index is 1.98. The van der Waals surface area contributed by atoms with E-state index >= 15 is 0 Å². The third kappa shape index (κ3) is 2.56. The van der Waals surface area contributed by atoms with E-state index in [4.69, 9.17) is 0 Å². The van der Waals surface area contributed by atoms with Gasteiger partial charge in [0.25, 0.3) is 5.56 Å². The van der Waals surface area contributed by atoms with E-state index in [0.717, 1.165) is 12.8 Å². The summed E-state index contributed by atoms with van der Waals surface area (Å²) >= 11 is 0. The summed E-state index contributed by atoms with van der Waals surface area (Å²) in [6, 6.07) is 4.04. The number of hydrogen-bond donors (Lipinski definition) is 2. The van der Waals surface area contributed by atoms with Gasteiger partial charge in [0.1, 0.15) is 0 Å². The van der Waals surface area contributed by atoms with Crippen molar-refractivity contribution in [2.45, 2.75) is 25.9 Å². The number of hydrogen-bond acceptors (Lipinski definition) is 3. The lowest BCUT2D eigenvalue weighted by Gasteiger charge is -2.11. The van der Waals surface area contributed by atoms with Gasteiger partial charge in [0.05, 0.1) is 10.9 Å². The van der Waals surface area contributed by atoms with E-state index < -0.39 is 17.6 Å². The first kappa shape index (κ1) is 14.6. The summed E-state index contributed by atoms with van der Waals surface area (Å²) in [5.41, 5.74) is -1.00. The van der Waals surface area contributed by atoms with Gasteiger partial charge < -0.3 is 10.3 Å². The predicted octanol–water partition coefficient (Wildman–Crippen LogP) is 2.68. The Hall–Kier alpha value is -2.38. The zero-order valence-electron chi connectivity index (χ0n) is 11.5. The van der Waals surface area contributed by atoms with Gasteiger partial charge in [-0.25, -0.2) is 4.98 Å². The van der Waals surface area contributed by atoms with Crippen LogP contribution < -0.4 is 10.9 Å². The molecule has 1 fully saturated rings. The smallest absolute Gasteiger partial charge is 0.326 e. The molecule has 1 amide bonds. The van der Waals surface area contributed by atoms with E-state index in [0.29, 0.717) is 5.69 Å². The third-order valence-electron chi connectivity index (χ3n) is 3.78. The van der Waals surface area contributed by atoms with Crippen molar-refractivity contribution in [3.63, 3.8) is 0 Å². The quantitative estimate of drug-likeness (QED) is 0.895. The van der Waals surface area contributed by atoms with Gasteiger partial charge in [0.15, 0.2) is 0 Å². The van der Waals surface area contributed by atoms with E-state index in [1.807, 2.05) is 6.92 Å². The van der Waals surface area contributed by atoms with Gasteiger partial charge in [-0.05, 0) is 31.0 Å². The molecule has 116 valence electrons. The molecule has 0 spiro atoms. The van der Waals surface area contributed by atoms with Crippen LogP contribution >= 0.6 is 0 Å². The molecule has 1 aromatic carbocycles. The molecular weight excluding hydrogens is 299 g/mol. The first-order chi connectivity index (χ1) is 10.2. The molecule has 5 nitrogen and oxygen atoms in total. The second-order valence-electron chi connectivity index (χ2n) is 5.66. The second-order valence-corrected chi connectivity index (χ2v) is 5.66. The molecule has 0 aliphatic heterocycles. The van der Waals surface area contributed by atoms with Crippen molar-refractivity contribution in [1.82, 2.24) is 9.97 Å². The van der Waals surface area contributed by atoms with Crippen LogP contribution in [0, 0.1) is 5.41 Å². The predicted molar refractivity (Wildman–Crippen MR) is 73.3 cm³/mol. The Morgan fingerprint density at radius 1 is 1.36 bits per heavy atom. The van der Waals surface area contributed by atoms with Gasteiger partial charge in [-0.2, -0.15) is 13.2 Å². The van der Waals surface area contributed by atoms with Crippen LogP contribution in [0.1, 0.15) is 25.6 Å². The van der Waals surface area contributed by atoms with Crippen LogP contribution in [0.15, 0.2) is 23.0 Å². The average molecular weight is 311 g/mol. The highest BCUT2D eigenvalue weighted by molar-refractivity contribution is 5.98. The number of carbonyl (C=O) groups excluding carboxylic acids is 1. The molecule has 0 atom stereocenters. The molecule has 22 heavy (non-hydrogen) atoms. The van der Waals surface area contributed by atoms with Gasteiger partial charge in [-0.1, -0.05) is 6.92 Å². The summed E-state index contributed by atoms with van der Waals surface area (Å²) in [7, 11) is 0. The highest BCUT2D eigenvalue weighted by Crippen LogP contribution is 2.45. The van der Waals surface area contributed by atoms with E-state index in [-0.39, 0.29) is 22.2 Å². The number of benzene rings is 1. The molecule has 1 saturated carbocycles. The number of aromatic nitrogens is 2. The molecule has 1 aromatic heterocycles. The summed E-state index contributed by atoms with van der Waals surface area (Å²) in [6.45, 7) is 1.83. The number of anilines is 1. The summed E-state index contributed by atoms with van der Waals surface area (Å²) in [4.78, 5) is 28.8. The lowest BCUT2D eigenvalue weighted by molar-refractivity contribution is -0.144. The molecule has 2 N–H and O–H groups in total. The molecule has 3 rings (SSSR count). The number of nitrogens with one attached hydrogen (secondary N) is 2. The molecule has 1 aliphatic rings. The minimum absolute atomic E-state index is 0.00764. The summed E-state index contributed by atoms with van der Waals surface area (Å²) in [5.74, 6) is -1.50. The van der Waals surface area contributed by atoms with Crippen molar-refractivity contribution in [2.75, 3.05) is 5.32 Å². The first-order valence-electron chi connectivity index (χ1n) is 6.62. The number of aromatic amines is 1. The Kier molecular flexibility index (Phi) is 3.01. The van der Waals surface area contributed by atoms with Crippen molar-refractivity contribution < 1.29 is 18.0 Å². The standard InChI is InChI=1S/C14H12F3N3O2/c1-13(4-5-13)12(22)18-7-2-3-9-8(6-7)10(21)20-11(19-9)14(15,16)17/h2-3,6H,4-5H2,1H3,(H,18,22)(H,19,20,21). The maximum Gasteiger partial charge on any atom is 0.449 e. The lowest BCUT2D eigenvalue weighted by Crippen LogP contribution is -2.22. The topological polar surface area (TPSA) is 74.8 Å². The van der Waals surface area contributed by atoms with Gasteiger partial charge in [0, 0.05) is 11.1 Å². The molecule has 1 aliphatic carbocycles. The van der Waals surface area contributed by atoms with E-state index in [1.165, 1.54) is 18.2 Å². The van der Waals surface area contributed by atoms with Crippen molar-refractivity contribution >= 4 is 22.5 Å². The fourth-order valence-corrected chi connectivity index (χ4v) is 2.05. The van der Waals surface area contributed by atoms with Gasteiger partial charge in [-0.3, -0.25) is 9.59 Å². The second kappa shape index (κ2) is 4.56. The van der Waals surface area contributed by atoms with Crippen LogP contribution in [0.25, 0.3) is 10.9 Å². The van der Waals surface area contributed by atoms with Crippen molar-refractivity contribution in [3.05, 3.63) is 34.4 Å². The Morgan fingerprint density at radius 3 is 2.64 bits per heavy atom. The summed E-state index contributed by atoms with van der Waals surface area (Å²) < 4.78 is 37.8. The van der Waals surface area contributed by atoms with Crippen molar-refractivity contribution in [2.24, 2.45) is 5.41 Å². The number of alkyl halides is 3. The van der Waals surface area contributed by atoms with E-state index in [1.54, 1.807) is 4.98 Å². The normalized spacial score (nSPS) is 16.5. The lowest BCUT2D eigenvalue weighted by atomic mass is 10.1. The first-order valence-corrected chi connectivity index (χ1v) is 6.62. The number of nitrogens with zero attached hydrogens (tertiary/aromatic N) is 1. The van der Waals surface area contributed by atoms with Crippen molar-refractivity contribution in [1.29, 1.82) is 0 Å². The molecule has 0 unspecified atom stereocenters.